The lowest BCUT2D eigenvalue weighted by Gasteiger charge is -2.25. The zero-order valence-electron chi connectivity index (χ0n) is 14.4. The highest BCUT2D eigenvalue weighted by atomic mass is 19.4. The molecule has 12 heteroatoms. The maximum absolute atomic E-state index is 13.1. The lowest BCUT2D eigenvalue weighted by Crippen LogP contribution is -2.45. The normalized spacial score (nSPS) is 12.4. The van der Waals surface area contributed by atoms with Crippen molar-refractivity contribution in [3.05, 3.63) is 42.2 Å². The van der Waals surface area contributed by atoms with Crippen LogP contribution in [0.25, 0.3) is 0 Å². The van der Waals surface area contributed by atoms with E-state index in [4.69, 9.17) is 9.84 Å². The number of likely N-dealkylation sites (N-methyl/N-ethyl adjacent to an activating group) is 1. The van der Waals surface area contributed by atoms with Gasteiger partial charge in [0.05, 0.1) is 18.9 Å². The van der Waals surface area contributed by atoms with Crippen LogP contribution in [0, 0.1) is 11.6 Å². The van der Waals surface area contributed by atoms with Gasteiger partial charge in [-0.15, -0.1) is 0 Å². The van der Waals surface area contributed by atoms with Gasteiger partial charge in [-0.3, -0.25) is 5.32 Å². The van der Waals surface area contributed by atoms with E-state index in [1.165, 1.54) is 6.92 Å². The molecule has 2 N–H and O–H groups in total. The second-order valence-electron chi connectivity index (χ2n) is 5.47. The standard InChI is InChI=1S/C16H15F5N4O3/c1-2-25(8-12(26)16(19,20)21)15(27)24-13-6-23-14(7-22-13)28-11-4-9(17)3-10(18)5-11/h3-7,12,26H,2,8H2,1H3,(H,22,24,27)/t12-/m1/s1. The molecule has 0 saturated heterocycles. The van der Waals surface area contributed by atoms with Crippen LogP contribution >= 0.6 is 0 Å². The van der Waals surface area contributed by atoms with Crippen molar-refractivity contribution in [2.75, 3.05) is 18.4 Å². The van der Waals surface area contributed by atoms with Crippen LogP contribution in [-0.2, 0) is 0 Å². The zero-order valence-corrected chi connectivity index (χ0v) is 14.4. The fourth-order valence-corrected chi connectivity index (χ4v) is 2.00. The zero-order chi connectivity index (χ0) is 20.9. The number of hydrogen-bond donors (Lipinski definition) is 2. The van der Waals surface area contributed by atoms with Crippen LogP contribution in [0.4, 0.5) is 32.6 Å². The molecule has 1 heterocycles. The first kappa shape index (κ1) is 21.3. The fourth-order valence-electron chi connectivity index (χ4n) is 2.00. The van der Waals surface area contributed by atoms with E-state index >= 15 is 0 Å². The molecule has 0 aliphatic heterocycles. The molecule has 0 fully saturated rings. The number of halogens is 5. The summed E-state index contributed by atoms with van der Waals surface area (Å²) in [6.07, 6.45) is -5.47. The van der Waals surface area contributed by atoms with Crippen molar-refractivity contribution >= 4 is 11.8 Å². The van der Waals surface area contributed by atoms with Gasteiger partial charge in [-0.2, -0.15) is 13.2 Å². The average Bonchev–Trinajstić information content (AvgIpc) is 2.59. The smallest absolute Gasteiger partial charge is 0.416 e. The van der Waals surface area contributed by atoms with E-state index in [2.05, 4.69) is 15.3 Å². The van der Waals surface area contributed by atoms with Gasteiger partial charge in [0.15, 0.2) is 11.9 Å². The van der Waals surface area contributed by atoms with Crippen molar-refractivity contribution in [2.45, 2.75) is 19.2 Å². The van der Waals surface area contributed by atoms with Gasteiger partial charge in [0, 0.05) is 24.7 Å². The number of aliphatic hydroxyl groups excluding tert-OH is 1. The Morgan fingerprint density at radius 1 is 1.21 bits per heavy atom. The minimum Gasteiger partial charge on any atom is -0.437 e. The second-order valence-corrected chi connectivity index (χ2v) is 5.47. The largest absolute Gasteiger partial charge is 0.437 e. The number of amides is 2. The van der Waals surface area contributed by atoms with E-state index < -0.39 is 36.5 Å². The monoisotopic (exact) mass is 406 g/mol. The Kier molecular flexibility index (Phi) is 6.67. The molecule has 0 aliphatic rings. The van der Waals surface area contributed by atoms with E-state index in [9.17, 15) is 26.7 Å². The van der Waals surface area contributed by atoms with Crippen molar-refractivity contribution in [3.8, 4) is 11.6 Å². The number of carbonyl (C=O) groups is 1. The van der Waals surface area contributed by atoms with E-state index in [1.54, 1.807) is 0 Å². The molecule has 0 unspecified atom stereocenters. The molecule has 152 valence electrons. The highest BCUT2D eigenvalue weighted by Gasteiger charge is 2.39. The number of hydrogen-bond acceptors (Lipinski definition) is 5. The number of aliphatic hydroxyl groups is 1. The van der Waals surface area contributed by atoms with Crippen LogP contribution in [-0.4, -0.2) is 51.4 Å². The van der Waals surface area contributed by atoms with Gasteiger partial charge in [-0.05, 0) is 6.92 Å². The van der Waals surface area contributed by atoms with Crippen molar-refractivity contribution in [1.82, 2.24) is 14.9 Å². The Balaban J connectivity index is 1.99. The molecule has 28 heavy (non-hydrogen) atoms. The maximum atomic E-state index is 13.1. The fraction of sp³-hybridized carbons (Fsp3) is 0.312. The Morgan fingerprint density at radius 2 is 1.86 bits per heavy atom. The molecule has 0 bridgehead atoms. The molecule has 0 radical (unpaired) electrons. The predicted octanol–water partition coefficient (Wildman–Crippen LogP) is 3.32. The Labute approximate surface area is 155 Å². The van der Waals surface area contributed by atoms with Crippen molar-refractivity contribution < 1.29 is 36.6 Å². The Hall–Kier alpha value is -3.02. The highest BCUT2D eigenvalue weighted by Crippen LogP contribution is 2.22. The molecule has 2 amide bonds. The topological polar surface area (TPSA) is 87.6 Å². The maximum Gasteiger partial charge on any atom is 0.416 e. The molecular weight excluding hydrogens is 391 g/mol. The van der Waals surface area contributed by atoms with Gasteiger partial charge < -0.3 is 14.7 Å². The molecule has 2 rings (SSSR count). The Bertz CT molecular complexity index is 797. The number of rotatable bonds is 6. The molecular formula is C16H15F5N4O3. The molecule has 0 saturated carbocycles. The van der Waals surface area contributed by atoms with Gasteiger partial charge in [-0.25, -0.2) is 23.5 Å². The summed E-state index contributed by atoms with van der Waals surface area (Å²) >= 11 is 0. The van der Waals surface area contributed by atoms with Crippen LogP contribution in [0.5, 0.6) is 11.6 Å². The molecule has 0 aliphatic carbocycles. The van der Waals surface area contributed by atoms with Crippen LogP contribution < -0.4 is 10.1 Å². The number of alkyl halides is 3. The number of benzene rings is 1. The number of nitrogens with one attached hydrogen (secondary N) is 1. The summed E-state index contributed by atoms with van der Waals surface area (Å²) in [7, 11) is 0. The van der Waals surface area contributed by atoms with Crippen molar-refractivity contribution in [2.24, 2.45) is 0 Å². The third-order valence-corrected chi connectivity index (χ3v) is 3.36. The lowest BCUT2D eigenvalue weighted by atomic mass is 10.3. The molecule has 2 aromatic rings. The highest BCUT2D eigenvalue weighted by molar-refractivity contribution is 5.88. The quantitative estimate of drug-likeness (QED) is 0.719. The van der Waals surface area contributed by atoms with E-state index in [0.29, 0.717) is 6.07 Å². The number of anilines is 1. The van der Waals surface area contributed by atoms with Crippen LogP contribution in [0.15, 0.2) is 30.6 Å². The average molecular weight is 406 g/mol. The number of nitrogens with zero attached hydrogens (tertiary/aromatic N) is 3. The number of aromatic nitrogens is 2. The van der Waals surface area contributed by atoms with Crippen LogP contribution in [0.2, 0.25) is 0 Å². The SMILES string of the molecule is CCN(C[C@@H](O)C(F)(F)F)C(=O)Nc1cnc(Oc2cc(F)cc(F)c2)cn1. The molecule has 0 spiro atoms. The molecule has 1 aromatic heterocycles. The third kappa shape index (κ3) is 6.01. The van der Waals surface area contributed by atoms with Gasteiger partial charge in [0.1, 0.15) is 17.4 Å². The van der Waals surface area contributed by atoms with Gasteiger partial charge in [0.25, 0.3) is 0 Å². The first-order valence-electron chi connectivity index (χ1n) is 7.85. The summed E-state index contributed by atoms with van der Waals surface area (Å²) in [5.74, 6) is -2.12. The predicted molar refractivity (Wildman–Crippen MR) is 86.8 cm³/mol. The number of urea groups is 1. The minimum atomic E-state index is -4.86. The van der Waals surface area contributed by atoms with Crippen molar-refractivity contribution in [3.63, 3.8) is 0 Å². The van der Waals surface area contributed by atoms with E-state index in [1.807, 2.05) is 0 Å². The minimum absolute atomic E-state index is 0.0985. The van der Waals surface area contributed by atoms with Gasteiger partial charge in [0.2, 0.25) is 5.88 Å². The van der Waals surface area contributed by atoms with Gasteiger partial charge >= 0.3 is 12.2 Å². The first-order chi connectivity index (χ1) is 13.1. The summed E-state index contributed by atoms with van der Waals surface area (Å²) in [4.78, 5) is 20.3. The van der Waals surface area contributed by atoms with E-state index in [0.717, 1.165) is 29.4 Å². The molecule has 1 aromatic carbocycles. The van der Waals surface area contributed by atoms with Crippen molar-refractivity contribution in [1.29, 1.82) is 0 Å². The van der Waals surface area contributed by atoms with Crippen LogP contribution in [0.1, 0.15) is 6.92 Å². The summed E-state index contributed by atoms with van der Waals surface area (Å²) in [6.45, 7) is 0.383. The van der Waals surface area contributed by atoms with E-state index in [-0.39, 0.29) is 24.0 Å². The van der Waals surface area contributed by atoms with Crippen LogP contribution in [0.3, 0.4) is 0 Å². The molecule has 1 atom stereocenters. The lowest BCUT2D eigenvalue weighted by molar-refractivity contribution is -0.206. The Morgan fingerprint density at radius 3 is 2.36 bits per heavy atom. The summed E-state index contributed by atoms with van der Waals surface area (Å²) in [5, 5.41) is 11.3. The first-order valence-corrected chi connectivity index (χ1v) is 7.85. The summed E-state index contributed by atoms with van der Waals surface area (Å²) in [6, 6.07) is 1.57. The number of carbonyl (C=O) groups excluding carboxylic acids is 1. The summed E-state index contributed by atoms with van der Waals surface area (Å²) in [5.41, 5.74) is 0. The number of ether oxygens (including phenoxy) is 1. The summed E-state index contributed by atoms with van der Waals surface area (Å²) < 4.78 is 68.6. The van der Waals surface area contributed by atoms with Gasteiger partial charge in [-0.1, -0.05) is 0 Å². The second kappa shape index (κ2) is 8.78. The third-order valence-electron chi connectivity index (χ3n) is 3.36. The molecule has 7 nitrogen and oxygen atoms in total.